The molecule has 3 aliphatic rings. The Morgan fingerprint density at radius 2 is 1.83 bits per heavy atom. The quantitative estimate of drug-likeness (QED) is 0.410. The zero-order valence-corrected chi connectivity index (χ0v) is 21.3. The van der Waals surface area contributed by atoms with Crippen molar-refractivity contribution in [3.8, 4) is 0 Å². The molecule has 3 aromatic rings. The molecule has 2 heterocycles. The highest BCUT2D eigenvalue weighted by molar-refractivity contribution is 6.10. The molecule has 0 radical (unpaired) electrons. The molecule has 4 nitrogen and oxygen atoms in total. The van der Waals surface area contributed by atoms with Gasteiger partial charge in [0.05, 0.1) is 30.0 Å². The van der Waals surface area contributed by atoms with Gasteiger partial charge in [-0.25, -0.2) is 4.99 Å². The van der Waals surface area contributed by atoms with Gasteiger partial charge in [-0.3, -0.25) is 0 Å². The van der Waals surface area contributed by atoms with E-state index in [4.69, 9.17) is 4.99 Å². The number of para-hydroxylation sites is 2. The Morgan fingerprint density at radius 1 is 1.00 bits per heavy atom. The van der Waals surface area contributed by atoms with Crippen LogP contribution in [0.3, 0.4) is 0 Å². The Hall–Kier alpha value is -3.79. The molecular weight excluding hydrogens is 440 g/mol. The predicted octanol–water partition coefficient (Wildman–Crippen LogP) is 7.56. The van der Waals surface area contributed by atoms with Gasteiger partial charge in [-0.1, -0.05) is 68.4 Å². The molecule has 4 heteroatoms. The first-order valence-corrected chi connectivity index (χ1v) is 13.1. The van der Waals surface area contributed by atoms with Crippen molar-refractivity contribution in [1.29, 1.82) is 0 Å². The van der Waals surface area contributed by atoms with E-state index in [2.05, 4.69) is 122 Å². The van der Waals surface area contributed by atoms with Crippen LogP contribution in [-0.2, 0) is 6.42 Å². The Kier molecular flexibility index (Phi) is 5.88. The van der Waals surface area contributed by atoms with Gasteiger partial charge in [0.2, 0.25) is 0 Å². The summed E-state index contributed by atoms with van der Waals surface area (Å²) in [5.74, 6) is 0.459. The second-order valence-electron chi connectivity index (χ2n) is 10.4. The second-order valence-corrected chi connectivity index (χ2v) is 10.4. The number of nitrogens with one attached hydrogen (secondary N) is 2. The summed E-state index contributed by atoms with van der Waals surface area (Å²) in [7, 11) is 0. The molecule has 2 unspecified atom stereocenters. The minimum absolute atomic E-state index is 0.210. The third-order valence-electron chi connectivity index (χ3n) is 7.70. The van der Waals surface area contributed by atoms with Gasteiger partial charge in [0, 0.05) is 29.3 Å². The molecule has 0 aromatic heterocycles. The number of rotatable bonds is 4. The first kappa shape index (κ1) is 22.7. The van der Waals surface area contributed by atoms with E-state index in [9.17, 15) is 0 Å². The fourth-order valence-corrected chi connectivity index (χ4v) is 5.82. The van der Waals surface area contributed by atoms with Crippen molar-refractivity contribution in [2.24, 2.45) is 4.99 Å². The Morgan fingerprint density at radius 3 is 2.67 bits per heavy atom. The average molecular weight is 475 g/mol. The van der Waals surface area contributed by atoms with Gasteiger partial charge in [0.15, 0.2) is 0 Å². The fraction of sp³-hybridized carbons (Fsp3) is 0.281. The average Bonchev–Trinajstić information content (AvgIpc) is 3.16. The summed E-state index contributed by atoms with van der Waals surface area (Å²) in [6, 6.07) is 24.4. The highest BCUT2D eigenvalue weighted by atomic mass is 15.1. The molecular formula is C32H34N4. The van der Waals surface area contributed by atoms with Gasteiger partial charge in [0.1, 0.15) is 0 Å². The lowest BCUT2D eigenvalue weighted by atomic mass is 9.94. The van der Waals surface area contributed by atoms with Crippen LogP contribution in [0.4, 0.5) is 11.4 Å². The van der Waals surface area contributed by atoms with Crippen molar-refractivity contribution in [2.45, 2.75) is 51.6 Å². The molecule has 0 fully saturated rings. The summed E-state index contributed by atoms with van der Waals surface area (Å²) in [6.45, 7) is 7.50. The van der Waals surface area contributed by atoms with Gasteiger partial charge < -0.3 is 15.5 Å². The van der Waals surface area contributed by atoms with Crippen LogP contribution in [0.5, 0.6) is 0 Å². The SMILES string of the molecule is CC(C)c1cccc2c1NCC1=CN(C=CC(c3cccc4c3C(Nc3ccccc3)CC4)=N1)C2C. The Bertz CT molecular complexity index is 1370. The molecule has 0 amide bonds. The number of hydrogen-bond donors (Lipinski definition) is 2. The molecule has 2 bridgehead atoms. The molecule has 2 aliphatic heterocycles. The lowest BCUT2D eigenvalue weighted by Gasteiger charge is -2.30. The van der Waals surface area contributed by atoms with Gasteiger partial charge in [-0.05, 0) is 66.1 Å². The van der Waals surface area contributed by atoms with E-state index in [0.29, 0.717) is 12.5 Å². The number of fused-ring (bicyclic) bond motifs is 3. The first-order valence-electron chi connectivity index (χ1n) is 13.1. The number of anilines is 2. The van der Waals surface area contributed by atoms with E-state index in [0.717, 1.165) is 29.9 Å². The lowest BCUT2D eigenvalue weighted by molar-refractivity contribution is 0.398. The highest BCUT2D eigenvalue weighted by Crippen LogP contribution is 2.39. The molecule has 182 valence electrons. The first-order chi connectivity index (χ1) is 17.6. The number of aryl methyl sites for hydroxylation is 1. The van der Waals surface area contributed by atoms with E-state index in [1.54, 1.807) is 0 Å². The largest absolute Gasteiger partial charge is 0.379 e. The number of allylic oxidation sites excluding steroid dienone is 1. The van der Waals surface area contributed by atoms with E-state index >= 15 is 0 Å². The topological polar surface area (TPSA) is 39.7 Å². The standard InChI is InChI=1S/C32H34N4/c1-21(2)26-12-8-13-27-22(3)36-18-17-29(35-25(20-36)19-33-32(26)27)28-14-7-9-23-15-16-30(31(23)28)34-24-10-5-4-6-11-24/h4-14,17-18,20-22,30,33-34H,15-16,19H2,1-3H3. The summed E-state index contributed by atoms with van der Waals surface area (Å²) in [4.78, 5) is 7.55. The van der Waals surface area contributed by atoms with Crippen LogP contribution in [0.2, 0.25) is 0 Å². The molecule has 6 rings (SSSR count). The molecule has 2 atom stereocenters. The molecule has 0 spiro atoms. The Labute approximate surface area is 214 Å². The summed E-state index contributed by atoms with van der Waals surface area (Å²) in [5.41, 5.74) is 11.2. The van der Waals surface area contributed by atoms with Crippen LogP contribution in [0, 0.1) is 0 Å². The molecule has 36 heavy (non-hydrogen) atoms. The van der Waals surface area contributed by atoms with Crippen LogP contribution < -0.4 is 10.6 Å². The van der Waals surface area contributed by atoms with Crippen LogP contribution >= 0.6 is 0 Å². The maximum absolute atomic E-state index is 5.23. The van der Waals surface area contributed by atoms with Crippen LogP contribution in [0.25, 0.3) is 0 Å². The molecule has 3 aromatic carbocycles. The smallest absolute Gasteiger partial charge is 0.0763 e. The maximum atomic E-state index is 5.23. The number of hydrogen-bond acceptors (Lipinski definition) is 4. The van der Waals surface area contributed by atoms with Crippen molar-refractivity contribution in [3.05, 3.63) is 119 Å². The van der Waals surface area contributed by atoms with Crippen molar-refractivity contribution in [1.82, 2.24) is 4.90 Å². The molecule has 0 saturated heterocycles. The van der Waals surface area contributed by atoms with Crippen molar-refractivity contribution in [2.75, 3.05) is 17.2 Å². The summed E-state index contributed by atoms with van der Waals surface area (Å²) in [5, 5.41) is 7.53. The van der Waals surface area contributed by atoms with E-state index in [1.807, 2.05) is 0 Å². The van der Waals surface area contributed by atoms with Crippen molar-refractivity contribution >= 4 is 17.1 Å². The van der Waals surface area contributed by atoms with Gasteiger partial charge in [-0.2, -0.15) is 0 Å². The monoisotopic (exact) mass is 474 g/mol. The number of benzene rings is 3. The summed E-state index contributed by atoms with van der Waals surface area (Å²) in [6.07, 6.45) is 8.80. The number of nitrogens with zero attached hydrogens (tertiary/aromatic N) is 2. The van der Waals surface area contributed by atoms with E-state index in [-0.39, 0.29) is 12.1 Å². The maximum Gasteiger partial charge on any atom is 0.0763 e. The minimum Gasteiger partial charge on any atom is -0.379 e. The predicted molar refractivity (Wildman–Crippen MR) is 151 cm³/mol. The van der Waals surface area contributed by atoms with Crippen molar-refractivity contribution in [3.63, 3.8) is 0 Å². The minimum atomic E-state index is 0.210. The lowest BCUT2D eigenvalue weighted by Crippen LogP contribution is -2.22. The van der Waals surface area contributed by atoms with E-state index in [1.165, 1.54) is 33.5 Å². The van der Waals surface area contributed by atoms with Gasteiger partial charge in [-0.15, -0.1) is 0 Å². The third-order valence-corrected chi connectivity index (χ3v) is 7.70. The summed E-state index contributed by atoms with van der Waals surface area (Å²) >= 11 is 0. The molecule has 0 saturated carbocycles. The zero-order valence-electron chi connectivity index (χ0n) is 21.3. The van der Waals surface area contributed by atoms with Crippen LogP contribution in [0.15, 0.2) is 95.9 Å². The van der Waals surface area contributed by atoms with Crippen LogP contribution in [-0.4, -0.2) is 17.2 Å². The summed E-state index contributed by atoms with van der Waals surface area (Å²) < 4.78 is 0. The van der Waals surface area contributed by atoms with E-state index < -0.39 is 0 Å². The molecule has 2 N–H and O–H groups in total. The van der Waals surface area contributed by atoms with Crippen molar-refractivity contribution < 1.29 is 0 Å². The zero-order chi connectivity index (χ0) is 24.6. The second kappa shape index (κ2) is 9.34. The highest BCUT2D eigenvalue weighted by Gasteiger charge is 2.28. The molecule has 1 aliphatic carbocycles. The van der Waals surface area contributed by atoms with Gasteiger partial charge in [0.25, 0.3) is 0 Å². The Balaban J connectivity index is 1.37. The fourth-order valence-electron chi connectivity index (χ4n) is 5.82. The van der Waals surface area contributed by atoms with Gasteiger partial charge >= 0.3 is 0 Å². The van der Waals surface area contributed by atoms with Crippen LogP contribution in [0.1, 0.15) is 73.0 Å². The number of aliphatic imine (C=N–C) groups is 1. The third kappa shape index (κ3) is 4.11. The normalized spacial score (nSPS) is 20.4.